The van der Waals surface area contributed by atoms with Gasteiger partial charge in [-0.3, -0.25) is 0 Å². The first kappa shape index (κ1) is 35.5. The molecule has 0 aromatic rings. The number of hydrogen-bond acceptors (Lipinski definition) is 7. The van der Waals surface area contributed by atoms with Gasteiger partial charge >= 0.3 is 0 Å². The lowest BCUT2D eigenvalue weighted by molar-refractivity contribution is -0.514. The fourth-order valence-corrected chi connectivity index (χ4v) is 4.45. The predicted molar refractivity (Wildman–Crippen MR) is 152 cm³/mol. The maximum absolute atomic E-state index is 6.00. The molecule has 0 unspecified atom stereocenters. The van der Waals surface area contributed by atoms with E-state index in [4.69, 9.17) is 34.1 Å². The number of methoxy groups -OCH3 is 1. The Labute approximate surface area is 234 Å². The van der Waals surface area contributed by atoms with Gasteiger partial charge in [0.05, 0.1) is 19.8 Å². The summed E-state index contributed by atoms with van der Waals surface area (Å²) in [5.74, 6) is -1.49. The minimum absolute atomic E-state index is 0.493. The molecule has 0 bridgehead atoms. The molecule has 226 valence electrons. The number of ether oxygens (including phenoxy) is 1. The van der Waals surface area contributed by atoms with E-state index in [9.17, 15) is 0 Å². The third kappa shape index (κ3) is 20.4. The van der Waals surface area contributed by atoms with Gasteiger partial charge in [0, 0.05) is 20.0 Å². The van der Waals surface area contributed by atoms with Gasteiger partial charge < -0.3 is 4.74 Å². The van der Waals surface area contributed by atoms with Crippen molar-refractivity contribution >= 4 is 0 Å². The van der Waals surface area contributed by atoms with Gasteiger partial charge in [-0.1, -0.05) is 89.0 Å². The van der Waals surface area contributed by atoms with Crippen LogP contribution in [0.4, 0.5) is 0 Å². The minimum Gasteiger partial charge on any atom is -0.351 e. The van der Waals surface area contributed by atoms with E-state index >= 15 is 0 Å². The SMILES string of the molecule is C=C(C)CCOOC1(OOCCCCCCCCCCOOC(C)(C)OC)CCCCCCCCCCC1. The zero-order valence-electron chi connectivity index (χ0n) is 25.3. The summed E-state index contributed by atoms with van der Waals surface area (Å²) >= 11 is 0. The van der Waals surface area contributed by atoms with E-state index in [1.807, 2.05) is 20.8 Å². The molecule has 1 aliphatic carbocycles. The zero-order valence-corrected chi connectivity index (χ0v) is 25.3. The van der Waals surface area contributed by atoms with Crippen molar-refractivity contribution in [2.45, 2.75) is 161 Å². The van der Waals surface area contributed by atoms with Gasteiger partial charge in [-0.25, -0.2) is 19.6 Å². The lowest BCUT2D eigenvalue weighted by atomic mass is 9.97. The number of rotatable bonds is 21. The smallest absolute Gasteiger partial charge is 0.233 e. The highest BCUT2D eigenvalue weighted by Gasteiger charge is 2.35. The van der Waals surface area contributed by atoms with E-state index in [-0.39, 0.29) is 0 Å². The van der Waals surface area contributed by atoms with E-state index in [2.05, 4.69) is 6.58 Å². The van der Waals surface area contributed by atoms with E-state index in [0.29, 0.717) is 19.8 Å². The Balaban J connectivity index is 2.21. The van der Waals surface area contributed by atoms with Crippen molar-refractivity contribution in [2.24, 2.45) is 0 Å². The average Bonchev–Trinajstić information content (AvgIpc) is 2.88. The monoisotopic (exact) mass is 544 g/mol. The number of unbranched alkanes of at least 4 members (excludes halogenated alkanes) is 7. The Bertz CT molecular complexity index is 540. The van der Waals surface area contributed by atoms with Crippen molar-refractivity contribution in [1.82, 2.24) is 0 Å². The molecule has 7 nitrogen and oxygen atoms in total. The zero-order chi connectivity index (χ0) is 27.8. The average molecular weight is 545 g/mol. The molecule has 0 aromatic heterocycles. The van der Waals surface area contributed by atoms with Crippen molar-refractivity contribution in [3.63, 3.8) is 0 Å². The molecule has 1 saturated carbocycles. The molecule has 1 rings (SSSR count). The molecular formula is C31H60O7. The van der Waals surface area contributed by atoms with Gasteiger partial charge in [0.25, 0.3) is 0 Å². The van der Waals surface area contributed by atoms with Crippen molar-refractivity contribution in [1.29, 1.82) is 0 Å². The highest BCUT2D eigenvalue weighted by molar-refractivity contribution is 4.86. The highest BCUT2D eigenvalue weighted by Crippen LogP contribution is 2.30. The Morgan fingerprint density at radius 1 is 0.632 bits per heavy atom. The van der Waals surface area contributed by atoms with Crippen LogP contribution in [-0.4, -0.2) is 38.5 Å². The number of hydrogen-bond donors (Lipinski definition) is 0. The van der Waals surface area contributed by atoms with Gasteiger partial charge in [-0.15, -0.1) is 6.58 Å². The summed E-state index contributed by atoms with van der Waals surface area (Å²) in [6, 6.07) is 0. The van der Waals surface area contributed by atoms with Gasteiger partial charge in [0.1, 0.15) is 0 Å². The molecule has 38 heavy (non-hydrogen) atoms. The molecule has 0 N–H and O–H groups in total. The van der Waals surface area contributed by atoms with Crippen LogP contribution in [0.15, 0.2) is 12.2 Å². The summed E-state index contributed by atoms with van der Waals surface area (Å²) in [7, 11) is 1.61. The molecule has 0 atom stereocenters. The van der Waals surface area contributed by atoms with Gasteiger partial charge in [0.15, 0.2) is 5.79 Å². The van der Waals surface area contributed by atoms with Gasteiger partial charge in [-0.05, 0) is 52.9 Å². The summed E-state index contributed by atoms with van der Waals surface area (Å²) in [4.78, 5) is 33.7. The molecule has 1 fully saturated rings. The highest BCUT2D eigenvalue weighted by atomic mass is 17.3. The van der Waals surface area contributed by atoms with E-state index < -0.39 is 11.6 Å². The molecule has 0 heterocycles. The van der Waals surface area contributed by atoms with Crippen LogP contribution in [0.5, 0.6) is 0 Å². The van der Waals surface area contributed by atoms with E-state index in [1.54, 1.807) is 7.11 Å². The maximum atomic E-state index is 6.00. The quantitative estimate of drug-likeness (QED) is 0.0469. The first-order valence-electron chi connectivity index (χ1n) is 15.5. The second kappa shape index (κ2) is 23.2. The second-order valence-electron chi connectivity index (χ2n) is 11.4. The predicted octanol–water partition coefficient (Wildman–Crippen LogP) is 9.30. The fraction of sp³-hybridized carbons (Fsp3) is 0.935. The molecule has 0 aromatic carbocycles. The van der Waals surface area contributed by atoms with Crippen LogP contribution in [0.1, 0.15) is 149 Å². The largest absolute Gasteiger partial charge is 0.351 e. The molecule has 7 heteroatoms. The molecular weight excluding hydrogens is 484 g/mol. The van der Waals surface area contributed by atoms with E-state index in [0.717, 1.165) is 63.4 Å². The van der Waals surface area contributed by atoms with Crippen molar-refractivity contribution < 1.29 is 34.1 Å². The molecule has 0 amide bonds. The third-order valence-corrected chi connectivity index (χ3v) is 7.11. The van der Waals surface area contributed by atoms with Crippen LogP contribution in [-0.2, 0) is 34.1 Å². The molecule has 0 aliphatic heterocycles. The van der Waals surface area contributed by atoms with Crippen LogP contribution in [0, 0.1) is 0 Å². The first-order valence-corrected chi connectivity index (χ1v) is 15.5. The van der Waals surface area contributed by atoms with Crippen LogP contribution < -0.4 is 0 Å². The summed E-state index contributed by atoms with van der Waals surface area (Å²) in [6.45, 7) is 11.3. The topological polar surface area (TPSA) is 64.6 Å². The summed E-state index contributed by atoms with van der Waals surface area (Å²) < 4.78 is 5.16. The summed E-state index contributed by atoms with van der Waals surface area (Å²) in [5.41, 5.74) is 1.09. The van der Waals surface area contributed by atoms with Crippen molar-refractivity contribution in [2.75, 3.05) is 26.9 Å². The standard InChI is InChI=1S/C31H60O7/c1-29(2)23-28-35-38-31(24-19-15-11-7-6-8-12-16-20-25-31)37-34-27-22-18-14-10-9-13-17-21-26-33-36-30(3,4)32-5/h1,6-28H2,2-5H3. The van der Waals surface area contributed by atoms with Crippen LogP contribution >= 0.6 is 0 Å². The minimum atomic E-state index is -0.803. The molecule has 0 saturated heterocycles. The van der Waals surface area contributed by atoms with Gasteiger partial charge in [-0.2, -0.15) is 9.78 Å². The molecule has 0 radical (unpaired) electrons. The Morgan fingerprint density at radius 2 is 1.05 bits per heavy atom. The van der Waals surface area contributed by atoms with Crippen molar-refractivity contribution in [3.05, 3.63) is 12.2 Å². The van der Waals surface area contributed by atoms with Crippen LogP contribution in [0.2, 0.25) is 0 Å². The second-order valence-corrected chi connectivity index (χ2v) is 11.4. The summed E-state index contributed by atoms with van der Waals surface area (Å²) in [5, 5.41) is 0. The van der Waals surface area contributed by atoms with Crippen LogP contribution in [0.25, 0.3) is 0 Å². The Hall–Kier alpha value is -0.540. The Kier molecular flexibility index (Phi) is 21.7. The first-order chi connectivity index (χ1) is 18.4. The van der Waals surface area contributed by atoms with Crippen LogP contribution in [0.3, 0.4) is 0 Å². The normalized spacial score (nSPS) is 17.6. The van der Waals surface area contributed by atoms with Gasteiger partial charge in [0.2, 0.25) is 5.79 Å². The third-order valence-electron chi connectivity index (χ3n) is 7.11. The van der Waals surface area contributed by atoms with E-state index in [1.165, 1.54) is 70.6 Å². The van der Waals surface area contributed by atoms with Crippen molar-refractivity contribution in [3.8, 4) is 0 Å². The maximum Gasteiger partial charge on any atom is 0.233 e. The lowest BCUT2D eigenvalue weighted by Crippen LogP contribution is -2.37. The molecule has 0 spiro atoms. The molecule has 1 aliphatic rings. The Morgan fingerprint density at radius 3 is 1.53 bits per heavy atom. The summed E-state index contributed by atoms with van der Waals surface area (Å²) in [6.07, 6.45) is 22.8. The lowest BCUT2D eigenvalue weighted by Gasteiger charge is -2.31. The fourth-order valence-electron chi connectivity index (χ4n) is 4.45.